The van der Waals surface area contributed by atoms with Crippen LogP contribution in [0.25, 0.3) is 0 Å². The molecule has 1 atom stereocenters. The van der Waals surface area contributed by atoms with Gasteiger partial charge >= 0.3 is 0 Å². The first kappa shape index (κ1) is 25.9. The fourth-order valence-corrected chi connectivity index (χ4v) is 5.85. The predicted octanol–water partition coefficient (Wildman–Crippen LogP) is 4.14. The molecular weight excluding hydrogens is 474 g/mol. The van der Waals surface area contributed by atoms with E-state index in [1.165, 1.54) is 22.0 Å². The zero-order chi connectivity index (χ0) is 25.5. The Balaban J connectivity index is 1.45. The second-order valence-corrected chi connectivity index (χ2v) is 10.8. The van der Waals surface area contributed by atoms with Gasteiger partial charge in [-0.05, 0) is 42.3 Å². The van der Waals surface area contributed by atoms with Crippen LogP contribution in [0.2, 0.25) is 0 Å². The maximum atomic E-state index is 13.2. The Labute approximate surface area is 213 Å². The largest absolute Gasteiger partial charge is 0.497 e. The average molecular weight is 506 g/mol. The minimum atomic E-state index is -3.73. The Kier molecular flexibility index (Phi) is 8.39. The Bertz CT molecular complexity index is 1310. The first-order valence-electron chi connectivity index (χ1n) is 11.9. The smallest absolute Gasteiger partial charge is 0.244 e. The van der Waals surface area contributed by atoms with Gasteiger partial charge in [-0.3, -0.25) is 4.90 Å². The summed E-state index contributed by atoms with van der Waals surface area (Å²) in [7, 11) is -2.09. The van der Waals surface area contributed by atoms with E-state index in [1.54, 1.807) is 19.2 Å². The van der Waals surface area contributed by atoms with E-state index in [2.05, 4.69) is 36.1 Å². The van der Waals surface area contributed by atoms with Gasteiger partial charge in [0.25, 0.3) is 0 Å². The lowest BCUT2D eigenvalue weighted by Crippen LogP contribution is -2.49. The number of hydrogen-bond acceptors (Lipinski definition) is 6. The van der Waals surface area contributed by atoms with E-state index in [4.69, 9.17) is 9.47 Å². The summed E-state index contributed by atoms with van der Waals surface area (Å²) >= 11 is 0. The molecule has 0 amide bonds. The number of nitriles is 1. The molecule has 0 bridgehead atoms. The van der Waals surface area contributed by atoms with Crippen LogP contribution in [0.5, 0.6) is 5.75 Å². The van der Waals surface area contributed by atoms with Gasteiger partial charge in [-0.15, -0.1) is 0 Å². The molecule has 0 spiro atoms. The first-order valence-corrected chi connectivity index (χ1v) is 13.4. The van der Waals surface area contributed by atoms with Gasteiger partial charge in [0.05, 0.1) is 30.3 Å². The molecule has 36 heavy (non-hydrogen) atoms. The minimum Gasteiger partial charge on any atom is -0.497 e. The number of ether oxygens (including phenoxy) is 2. The van der Waals surface area contributed by atoms with E-state index < -0.39 is 10.0 Å². The number of methoxy groups -OCH3 is 1. The molecule has 1 saturated heterocycles. The van der Waals surface area contributed by atoms with Crippen molar-refractivity contribution in [2.75, 3.05) is 39.8 Å². The second-order valence-electron chi connectivity index (χ2n) is 8.87. The van der Waals surface area contributed by atoms with Crippen LogP contribution in [0.1, 0.15) is 28.4 Å². The Morgan fingerprint density at radius 1 is 0.972 bits per heavy atom. The second kappa shape index (κ2) is 11.7. The maximum absolute atomic E-state index is 13.2. The molecule has 7 nitrogen and oxygen atoms in total. The normalized spacial score (nSPS) is 15.8. The maximum Gasteiger partial charge on any atom is 0.244 e. The van der Waals surface area contributed by atoms with E-state index in [1.807, 2.05) is 30.3 Å². The molecule has 0 aliphatic carbocycles. The molecule has 4 rings (SSSR count). The molecule has 1 fully saturated rings. The van der Waals surface area contributed by atoms with Gasteiger partial charge in [-0.1, -0.05) is 54.1 Å². The molecule has 0 radical (unpaired) electrons. The number of sulfonamides is 1. The zero-order valence-corrected chi connectivity index (χ0v) is 21.4. The van der Waals surface area contributed by atoms with Crippen molar-refractivity contribution in [2.45, 2.75) is 24.5 Å². The highest BCUT2D eigenvalue weighted by Gasteiger charge is 2.31. The van der Waals surface area contributed by atoms with Gasteiger partial charge < -0.3 is 9.47 Å². The lowest BCUT2D eigenvalue weighted by atomic mass is 10.1. The lowest BCUT2D eigenvalue weighted by Gasteiger charge is -2.36. The SMILES string of the molecule is COc1cccc(C(CN2CCN(S(=O)(=O)c3ccccc3C#N)CC2)OCc2ccc(C)cc2)c1. The van der Waals surface area contributed by atoms with Crippen molar-refractivity contribution >= 4 is 10.0 Å². The molecule has 0 saturated carbocycles. The third-order valence-electron chi connectivity index (χ3n) is 6.42. The molecule has 1 aliphatic rings. The first-order chi connectivity index (χ1) is 17.4. The highest BCUT2D eigenvalue weighted by atomic mass is 32.2. The Hall–Kier alpha value is -3.22. The highest BCUT2D eigenvalue weighted by molar-refractivity contribution is 7.89. The van der Waals surface area contributed by atoms with Crippen molar-refractivity contribution in [1.82, 2.24) is 9.21 Å². The van der Waals surface area contributed by atoms with Crippen LogP contribution in [0.15, 0.2) is 77.7 Å². The van der Waals surface area contributed by atoms with E-state index in [-0.39, 0.29) is 16.6 Å². The highest BCUT2D eigenvalue weighted by Crippen LogP contribution is 2.26. The summed E-state index contributed by atoms with van der Waals surface area (Å²) in [6.07, 6.45) is -0.205. The van der Waals surface area contributed by atoms with Crippen LogP contribution < -0.4 is 4.74 Å². The van der Waals surface area contributed by atoms with Crippen LogP contribution >= 0.6 is 0 Å². The predicted molar refractivity (Wildman–Crippen MR) is 138 cm³/mol. The van der Waals surface area contributed by atoms with Gasteiger partial charge in [0.2, 0.25) is 10.0 Å². The van der Waals surface area contributed by atoms with Crippen LogP contribution in [0, 0.1) is 18.3 Å². The fraction of sp³-hybridized carbons (Fsp3) is 0.321. The van der Waals surface area contributed by atoms with Crippen LogP contribution in [-0.4, -0.2) is 57.5 Å². The summed E-state index contributed by atoms with van der Waals surface area (Å²) in [5.74, 6) is 0.767. The molecular formula is C28H31N3O4S. The van der Waals surface area contributed by atoms with Crippen molar-refractivity contribution < 1.29 is 17.9 Å². The summed E-state index contributed by atoms with van der Waals surface area (Å²) in [6.45, 7) is 5.01. The topological polar surface area (TPSA) is 82.9 Å². The van der Waals surface area contributed by atoms with Gasteiger partial charge in [0.15, 0.2) is 0 Å². The van der Waals surface area contributed by atoms with Crippen LogP contribution in [0.3, 0.4) is 0 Å². The molecule has 1 heterocycles. The molecule has 0 aromatic heterocycles. The third-order valence-corrected chi connectivity index (χ3v) is 8.37. The van der Waals surface area contributed by atoms with Crippen molar-refractivity contribution in [2.24, 2.45) is 0 Å². The van der Waals surface area contributed by atoms with Gasteiger partial charge in [0, 0.05) is 32.7 Å². The minimum absolute atomic E-state index is 0.0663. The summed E-state index contributed by atoms with van der Waals surface area (Å²) in [4.78, 5) is 2.29. The van der Waals surface area contributed by atoms with E-state index >= 15 is 0 Å². The van der Waals surface area contributed by atoms with Crippen molar-refractivity contribution in [3.63, 3.8) is 0 Å². The van der Waals surface area contributed by atoms with Crippen molar-refractivity contribution in [3.8, 4) is 11.8 Å². The summed E-state index contributed by atoms with van der Waals surface area (Å²) in [5, 5.41) is 9.35. The molecule has 0 N–H and O–H groups in total. The van der Waals surface area contributed by atoms with Crippen LogP contribution in [-0.2, 0) is 21.4 Å². The van der Waals surface area contributed by atoms with E-state index in [0.717, 1.165) is 16.9 Å². The Morgan fingerprint density at radius 2 is 1.69 bits per heavy atom. The Morgan fingerprint density at radius 3 is 2.39 bits per heavy atom. The molecule has 3 aromatic carbocycles. The van der Waals surface area contributed by atoms with Gasteiger partial charge in [-0.2, -0.15) is 9.57 Å². The number of benzene rings is 3. The van der Waals surface area contributed by atoms with Crippen molar-refractivity contribution in [1.29, 1.82) is 5.26 Å². The van der Waals surface area contributed by atoms with E-state index in [0.29, 0.717) is 39.3 Å². The quantitative estimate of drug-likeness (QED) is 0.435. The van der Waals surface area contributed by atoms with Gasteiger partial charge in [-0.25, -0.2) is 8.42 Å². The lowest BCUT2D eigenvalue weighted by molar-refractivity contribution is 0.00762. The number of piperazine rings is 1. The van der Waals surface area contributed by atoms with E-state index in [9.17, 15) is 13.7 Å². The standard InChI is InChI=1S/C28H31N3O4S/c1-22-10-12-23(13-11-22)21-35-27(24-7-5-8-26(18-24)34-2)20-30-14-16-31(17-15-30)36(32,33)28-9-4-3-6-25(28)19-29/h3-13,18,27H,14-17,20-21H2,1-2H3. The summed E-state index contributed by atoms with van der Waals surface area (Å²) in [6, 6.07) is 24.5. The monoisotopic (exact) mass is 505 g/mol. The summed E-state index contributed by atoms with van der Waals surface area (Å²) in [5.41, 5.74) is 3.48. The number of rotatable bonds is 9. The number of aryl methyl sites for hydroxylation is 1. The third kappa shape index (κ3) is 6.12. The fourth-order valence-electron chi connectivity index (χ4n) is 4.29. The average Bonchev–Trinajstić information content (AvgIpc) is 2.92. The molecule has 188 valence electrons. The zero-order valence-electron chi connectivity index (χ0n) is 20.6. The molecule has 8 heteroatoms. The van der Waals surface area contributed by atoms with Crippen LogP contribution in [0.4, 0.5) is 0 Å². The molecule has 3 aromatic rings. The number of hydrogen-bond donors (Lipinski definition) is 0. The number of nitrogens with zero attached hydrogens (tertiary/aromatic N) is 3. The molecule has 1 unspecified atom stereocenters. The van der Waals surface area contributed by atoms with Gasteiger partial charge in [0.1, 0.15) is 11.8 Å². The summed E-state index contributed by atoms with van der Waals surface area (Å²) < 4.78 is 39.6. The van der Waals surface area contributed by atoms with Crippen molar-refractivity contribution in [3.05, 3.63) is 95.1 Å². The molecule has 1 aliphatic heterocycles.